The number of amides is 1. The standard InChI is InChI=1S/C20H26FN5O4/c1-7-29-19(28)26-15-13(10-25(20(15,5)6)18(27)30-11(2)3)16(24-26)23-17-14(21)9-8-12(4)22-17/h8-9,11H,7,10H2,1-6H3,(H,22,23,24). The molecule has 1 N–H and O–H groups in total. The van der Waals surface area contributed by atoms with Crippen LogP contribution in [0.3, 0.4) is 0 Å². The van der Waals surface area contributed by atoms with Crippen LogP contribution >= 0.6 is 0 Å². The molecular formula is C20H26FN5O4. The van der Waals surface area contributed by atoms with Gasteiger partial charge in [-0.15, -0.1) is 5.10 Å². The summed E-state index contributed by atoms with van der Waals surface area (Å²) in [5.41, 5.74) is 0.732. The minimum atomic E-state index is -0.917. The van der Waals surface area contributed by atoms with Crippen molar-refractivity contribution in [2.75, 3.05) is 11.9 Å². The molecule has 0 spiro atoms. The first-order chi connectivity index (χ1) is 14.1. The molecule has 0 aromatic carbocycles. The molecular weight excluding hydrogens is 393 g/mol. The second-order valence-electron chi connectivity index (χ2n) is 7.77. The Balaban J connectivity index is 2.08. The van der Waals surface area contributed by atoms with Crippen molar-refractivity contribution in [2.45, 2.75) is 59.7 Å². The highest BCUT2D eigenvalue weighted by molar-refractivity contribution is 5.77. The van der Waals surface area contributed by atoms with Crippen molar-refractivity contribution < 1.29 is 23.5 Å². The second kappa shape index (κ2) is 7.92. The van der Waals surface area contributed by atoms with Crippen LogP contribution in [0.1, 0.15) is 51.6 Å². The number of carbonyl (C=O) groups is 2. The zero-order valence-corrected chi connectivity index (χ0v) is 17.9. The number of nitrogens with zero attached hydrogens (tertiary/aromatic N) is 4. The fraction of sp³-hybridized carbons (Fsp3) is 0.500. The van der Waals surface area contributed by atoms with Crippen molar-refractivity contribution in [3.63, 3.8) is 0 Å². The third-order valence-corrected chi connectivity index (χ3v) is 4.77. The number of aromatic nitrogens is 3. The highest BCUT2D eigenvalue weighted by Gasteiger charge is 2.47. The lowest BCUT2D eigenvalue weighted by Gasteiger charge is -2.32. The van der Waals surface area contributed by atoms with Gasteiger partial charge < -0.3 is 14.8 Å². The third-order valence-electron chi connectivity index (χ3n) is 4.77. The number of ether oxygens (including phenoxy) is 2. The quantitative estimate of drug-likeness (QED) is 0.797. The summed E-state index contributed by atoms with van der Waals surface area (Å²) in [6.45, 7) is 10.8. The molecule has 0 saturated heterocycles. The van der Waals surface area contributed by atoms with Crippen LogP contribution < -0.4 is 5.32 Å². The van der Waals surface area contributed by atoms with Gasteiger partial charge >= 0.3 is 12.2 Å². The van der Waals surface area contributed by atoms with E-state index in [9.17, 15) is 14.0 Å². The molecule has 0 bridgehead atoms. The Morgan fingerprint density at radius 2 is 1.97 bits per heavy atom. The summed E-state index contributed by atoms with van der Waals surface area (Å²) in [7, 11) is 0. The van der Waals surface area contributed by atoms with Gasteiger partial charge in [0.2, 0.25) is 0 Å². The number of carbonyl (C=O) groups excluding carboxylic acids is 2. The lowest BCUT2D eigenvalue weighted by molar-refractivity contribution is 0.0445. The van der Waals surface area contributed by atoms with E-state index in [-0.39, 0.29) is 30.9 Å². The molecule has 0 atom stereocenters. The molecule has 0 radical (unpaired) electrons. The molecule has 3 heterocycles. The van der Waals surface area contributed by atoms with E-state index in [1.54, 1.807) is 47.6 Å². The SMILES string of the molecule is CCOC(=O)n1nc(Nc2nc(C)ccc2F)c2c1C(C)(C)N(C(=O)OC(C)C)C2. The van der Waals surface area contributed by atoms with Gasteiger partial charge in [0.1, 0.15) is 0 Å². The molecule has 1 aliphatic rings. The summed E-state index contributed by atoms with van der Waals surface area (Å²) < 4.78 is 25.8. The molecule has 162 valence electrons. The average Bonchev–Trinajstić information content (AvgIpc) is 3.14. The third kappa shape index (κ3) is 3.81. The van der Waals surface area contributed by atoms with Gasteiger partial charge in [-0.05, 0) is 53.7 Å². The number of hydrogen-bond acceptors (Lipinski definition) is 7. The molecule has 2 aromatic heterocycles. The summed E-state index contributed by atoms with van der Waals surface area (Å²) in [4.78, 5) is 30.9. The minimum Gasteiger partial charge on any atom is -0.448 e. The number of aryl methyl sites for hydroxylation is 1. The van der Waals surface area contributed by atoms with E-state index in [0.29, 0.717) is 17.0 Å². The van der Waals surface area contributed by atoms with Crippen LogP contribution in [-0.4, -0.2) is 44.6 Å². The number of fused-ring (bicyclic) bond motifs is 1. The van der Waals surface area contributed by atoms with Crippen LogP contribution in [0, 0.1) is 12.7 Å². The van der Waals surface area contributed by atoms with Crippen molar-refractivity contribution in [3.8, 4) is 0 Å². The van der Waals surface area contributed by atoms with E-state index in [4.69, 9.17) is 9.47 Å². The maximum absolute atomic E-state index is 14.3. The minimum absolute atomic E-state index is 0.0210. The Labute approximate surface area is 174 Å². The van der Waals surface area contributed by atoms with E-state index in [1.807, 2.05) is 0 Å². The van der Waals surface area contributed by atoms with Gasteiger partial charge in [-0.25, -0.2) is 19.0 Å². The van der Waals surface area contributed by atoms with Crippen LogP contribution in [0.5, 0.6) is 0 Å². The average molecular weight is 419 g/mol. The van der Waals surface area contributed by atoms with Gasteiger partial charge in [0.25, 0.3) is 0 Å². The van der Waals surface area contributed by atoms with Crippen molar-refractivity contribution in [3.05, 3.63) is 34.9 Å². The zero-order valence-electron chi connectivity index (χ0n) is 17.9. The van der Waals surface area contributed by atoms with Gasteiger partial charge in [0.05, 0.1) is 30.5 Å². The molecule has 0 saturated carbocycles. The van der Waals surface area contributed by atoms with E-state index in [0.717, 1.165) is 4.68 Å². The topological polar surface area (TPSA) is 98.6 Å². The molecule has 3 rings (SSSR count). The largest absolute Gasteiger partial charge is 0.448 e. The zero-order chi connectivity index (χ0) is 22.2. The maximum Gasteiger partial charge on any atom is 0.435 e. The number of rotatable bonds is 4. The molecule has 0 fully saturated rings. The number of halogens is 1. The van der Waals surface area contributed by atoms with Crippen LogP contribution in [-0.2, 0) is 21.6 Å². The molecule has 9 nitrogen and oxygen atoms in total. The second-order valence-corrected chi connectivity index (χ2v) is 7.77. The van der Waals surface area contributed by atoms with Gasteiger partial charge in [0, 0.05) is 11.3 Å². The number of nitrogens with one attached hydrogen (secondary N) is 1. The highest BCUT2D eigenvalue weighted by atomic mass is 19.1. The fourth-order valence-electron chi connectivity index (χ4n) is 3.43. The van der Waals surface area contributed by atoms with E-state index >= 15 is 0 Å². The first kappa shape index (κ1) is 21.5. The van der Waals surface area contributed by atoms with E-state index in [2.05, 4.69) is 15.4 Å². The Bertz CT molecular complexity index is 986. The Morgan fingerprint density at radius 1 is 1.27 bits per heavy atom. The Hall–Kier alpha value is -3.17. The fourth-order valence-corrected chi connectivity index (χ4v) is 3.43. The summed E-state index contributed by atoms with van der Waals surface area (Å²) in [5, 5.41) is 7.18. The Morgan fingerprint density at radius 3 is 2.60 bits per heavy atom. The van der Waals surface area contributed by atoms with E-state index < -0.39 is 23.5 Å². The summed E-state index contributed by atoms with van der Waals surface area (Å²) in [5.74, 6) is -0.358. The number of pyridine rings is 1. The summed E-state index contributed by atoms with van der Waals surface area (Å²) in [6.07, 6.45) is -1.51. The highest BCUT2D eigenvalue weighted by Crippen LogP contribution is 2.43. The lowest BCUT2D eigenvalue weighted by atomic mass is 10.0. The molecule has 1 amide bonds. The summed E-state index contributed by atoms with van der Waals surface area (Å²) >= 11 is 0. The van der Waals surface area contributed by atoms with Crippen LogP contribution in [0.4, 0.5) is 25.6 Å². The normalized spacial score (nSPS) is 14.6. The van der Waals surface area contributed by atoms with Crippen molar-refractivity contribution in [2.24, 2.45) is 0 Å². The number of hydrogen-bond donors (Lipinski definition) is 1. The van der Waals surface area contributed by atoms with Crippen molar-refractivity contribution >= 4 is 23.8 Å². The lowest BCUT2D eigenvalue weighted by Crippen LogP contribution is -2.43. The molecule has 1 aliphatic heterocycles. The van der Waals surface area contributed by atoms with E-state index in [1.165, 1.54) is 11.0 Å². The molecule has 10 heteroatoms. The first-order valence-electron chi connectivity index (χ1n) is 9.74. The predicted octanol–water partition coefficient (Wildman–Crippen LogP) is 4.07. The van der Waals surface area contributed by atoms with Crippen molar-refractivity contribution in [1.82, 2.24) is 19.7 Å². The van der Waals surface area contributed by atoms with Crippen LogP contribution in [0.25, 0.3) is 0 Å². The van der Waals surface area contributed by atoms with Crippen LogP contribution in [0.2, 0.25) is 0 Å². The first-order valence-corrected chi connectivity index (χ1v) is 9.74. The number of anilines is 2. The summed E-state index contributed by atoms with van der Waals surface area (Å²) in [6, 6.07) is 2.85. The van der Waals surface area contributed by atoms with Crippen LogP contribution in [0.15, 0.2) is 12.1 Å². The molecule has 0 unspecified atom stereocenters. The Kier molecular flexibility index (Phi) is 5.69. The van der Waals surface area contributed by atoms with Gasteiger partial charge in [-0.1, -0.05) is 0 Å². The maximum atomic E-state index is 14.3. The molecule has 30 heavy (non-hydrogen) atoms. The monoisotopic (exact) mass is 419 g/mol. The van der Waals surface area contributed by atoms with Gasteiger partial charge in [-0.3, -0.25) is 4.90 Å². The predicted molar refractivity (Wildman–Crippen MR) is 107 cm³/mol. The molecule has 2 aromatic rings. The molecule has 0 aliphatic carbocycles. The van der Waals surface area contributed by atoms with Gasteiger partial charge in [0.15, 0.2) is 17.5 Å². The smallest absolute Gasteiger partial charge is 0.435 e. The van der Waals surface area contributed by atoms with Gasteiger partial charge in [-0.2, -0.15) is 4.68 Å². The van der Waals surface area contributed by atoms with Crippen molar-refractivity contribution in [1.29, 1.82) is 0 Å².